The lowest BCUT2D eigenvalue weighted by molar-refractivity contribution is -0.139. The van der Waals surface area contributed by atoms with E-state index in [1.807, 2.05) is 27.7 Å². The molecule has 1 heterocycles. The van der Waals surface area contributed by atoms with Crippen LogP contribution in [0.15, 0.2) is 4.42 Å². The Morgan fingerprint density at radius 1 is 1.26 bits per heavy atom. The maximum atomic E-state index is 12.8. The molecule has 7 nitrogen and oxygen atoms in total. The summed E-state index contributed by atoms with van der Waals surface area (Å²) >= 11 is 0. The smallest absolute Gasteiger partial charge is 0.235 e. The third-order valence-electron chi connectivity index (χ3n) is 5.36. The van der Waals surface area contributed by atoms with Gasteiger partial charge >= 0.3 is 0 Å². The molecule has 0 aliphatic heterocycles. The number of nitrogens with zero attached hydrogens (tertiary/aromatic N) is 2. The molecular weight excluding hydrogens is 296 g/mol. The average Bonchev–Trinajstić information content (AvgIpc) is 2.99. The minimum absolute atomic E-state index is 0.0292. The van der Waals surface area contributed by atoms with Crippen LogP contribution in [-0.2, 0) is 16.1 Å². The van der Waals surface area contributed by atoms with Crippen LogP contribution in [0.5, 0.6) is 0 Å². The highest BCUT2D eigenvalue weighted by Crippen LogP contribution is 2.56. The molecular formula is C16H26N4O3. The van der Waals surface area contributed by atoms with Gasteiger partial charge in [0.2, 0.25) is 23.6 Å². The zero-order chi connectivity index (χ0) is 17.3. The van der Waals surface area contributed by atoms with Crippen molar-refractivity contribution in [2.24, 2.45) is 16.7 Å². The lowest BCUT2D eigenvalue weighted by Gasteiger charge is -2.39. The summed E-state index contributed by atoms with van der Waals surface area (Å²) in [5, 5.41) is 13.4. The fraction of sp³-hybridized carbons (Fsp3) is 0.750. The van der Waals surface area contributed by atoms with Crippen LogP contribution >= 0.6 is 0 Å². The van der Waals surface area contributed by atoms with Gasteiger partial charge in [-0.1, -0.05) is 20.8 Å². The Morgan fingerprint density at radius 3 is 2.52 bits per heavy atom. The minimum atomic E-state index is -0.613. The molecule has 128 valence electrons. The van der Waals surface area contributed by atoms with Crippen LogP contribution in [0.4, 0.5) is 0 Å². The fourth-order valence-electron chi connectivity index (χ4n) is 3.42. The Kier molecular flexibility index (Phi) is 4.77. The van der Waals surface area contributed by atoms with E-state index in [4.69, 9.17) is 4.42 Å². The number of aromatic nitrogens is 2. The molecule has 0 bridgehead atoms. The second kappa shape index (κ2) is 6.29. The topological polar surface area (TPSA) is 97.1 Å². The van der Waals surface area contributed by atoms with Crippen molar-refractivity contribution in [3.63, 3.8) is 0 Å². The van der Waals surface area contributed by atoms with Gasteiger partial charge in [0.15, 0.2) is 0 Å². The van der Waals surface area contributed by atoms with Crippen molar-refractivity contribution in [2.45, 2.75) is 54.0 Å². The summed E-state index contributed by atoms with van der Waals surface area (Å²) in [6.45, 7) is 10.3. The summed E-state index contributed by atoms with van der Waals surface area (Å²) in [5.74, 6) is 0.643. The molecule has 1 fully saturated rings. The van der Waals surface area contributed by atoms with Gasteiger partial charge in [0.25, 0.3) is 0 Å². The van der Waals surface area contributed by atoms with E-state index in [2.05, 4.69) is 20.8 Å². The molecule has 1 aromatic heterocycles. The number of carbonyl (C=O) groups is 2. The molecule has 1 aliphatic carbocycles. The number of hydrogen-bond donors (Lipinski definition) is 2. The van der Waals surface area contributed by atoms with Crippen molar-refractivity contribution in [2.75, 3.05) is 6.54 Å². The molecule has 2 atom stereocenters. The van der Waals surface area contributed by atoms with E-state index in [0.717, 1.165) is 0 Å². The Labute approximate surface area is 136 Å². The first-order valence-electron chi connectivity index (χ1n) is 8.07. The fourth-order valence-corrected chi connectivity index (χ4v) is 3.42. The molecule has 0 spiro atoms. The third kappa shape index (κ3) is 3.09. The van der Waals surface area contributed by atoms with Crippen LogP contribution in [0.25, 0.3) is 0 Å². The molecule has 2 rings (SSSR count). The molecule has 1 aromatic rings. The summed E-state index contributed by atoms with van der Waals surface area (Å²) in [5.41, 5.74) is -1.04. The molecule has 23 heavy (non-hydrogen) atoms. The zero-order valence-corrected chi connectivity index (χ0v) is 14.5. The van der Waals surface area contributed by atoms with Crippen LogP contribution in [-0.4, -0.2) is 28.6 Å². The van der Waals surface area contributed by atoms with Crippen LogP contribution in [0.1, 0.15) is 52.3 Å². The monoisotopic (exact) mass is 322 g/mol. The second-order valence-electron chi connectivity index (χ2n) is 6.94. The van der Waals surface area contributed by atoms with E-state index in [9.17, 15) is 9.59 Å². The van der Waals surface area contributed by atoms with Gasteiger partial charge in [-0.2, -0.15) is 0 Å². The van der Waals surface area contributed by atoms with Gasteiger partial charge in [0.1, 0.15) is 0 Å². The standard InChI is InChI=1S/C16H26N4O3/c1-6-17-13(21)11-7-8-16(5,15(11,3)4)14(22)18-9-12-20-19-10(2)23-12/h11H,6-9H2,1-5H3,(H,17,21)(H,18,22). The predicted octanol–water partition coefficient (Wildman–Crippen LogP) is 1.57. The predicted molar refractivity (Wildman–Crippen MR) is 84.2 cm³/mol. The van der Waals surface area contributed by atoms with Crippen LogP contribution < -0.4 is 10.6 Å². The molecule has 1 aliphatic rings. The molecule has 1 saturated carbocycles. The minimum Gasteiger partial charge on any atom is -0.424 e. The lowest BCUT2D eigenvalue weighted by atomic mass is 9.65. The maximum absolute atomic E-state index is 12.8. The Bertz CT molecular complexity index is 596. The molecule has 0 aromatic carbocycles. The summed E-state index contributed by atoms with van der Waals surface area (Å²) < 4.78 is 5.27. The van der Waals surface area contributed by atoms with Crippen molar-refractivity contribution in [1.82, 2.24) is 20.8 Å². The van der Waals surface area contributed by atoms with Crippen molar-refractivity contribution < 1.29 is 14.0 Å². The van der Waals surface area contributed by atoms with E-state index >= 15 is 0 Å². The number of nitrogens with one attached hydrogen (secondary N) is 2. The van der Waals surface area contributed by atoms with Gasteiger partial charge in [0, 0.05) is 19.4 Å². The number of hydrogen-bond acceptors (Lipinski definition) is 5. The van der Waals surface area contributed by atoms with E-state index in [1.54, 1.807) is 6.92 Å². The Balaban J connectivity index is 2.07. The van der Waals surface area contributed by atoms with Crippen LogP contribution in [0.2, 0.25) is 0 Å². The van der Waals surface area contributed by atoms with E-state index in [0.29, 0.717) is 31.2 Å². The molecule has 7 heteroatoms. The normalized spacial score (nSPS) is 26.0. The zero-order valence-electron chi connectivity index (χ0n) is 14.5. The highest BCUT2D eigenvalue weighted by atomic mass is 16.4. The molecule has 2 unspecified atom stereocenters. The average molecular weight is 322 g/mol. The highest BCUT2D eigenvalue weighted by Gasteiger charge is 2.57. The lowest BCUT2D eigenvalue weighted by Crippen LogP contribution is -2.49. The largest absolute Gasteiger partial charge is 0.424 e. The first-order valence-corrected chi connectivity index (χ1v) is 8.07. The summed E-state index contributed by atoms with van der Waals surface area (Å²) in [6, 6.07) is 0. The molecule has 2 N–H and O–H groups in total. The van der Waals surface area contributed by atoms with Crippen LogP contribution in [0, 0.1) is 23.7 Å². The second-order valence-corrected chi connectivity index (χ2v) is 6.94. The summed E-state index contributed by atoms with van der Waals surface area (Å²) in [4.78, 5) is 25.0. The first-order chi connectivity index (χ1) is 10.7. The van der Waals surface area contributed by atoms with Gasteiger partial charge < -0.3 is 15.1 Å². The van der Waals surface area contributed by atoms with Gasteiger partial charge in [-0.05, 0) is 25.2 Å². The third-order valence-corrected chi connectivity index (χ3v) is 5.36. The van der Waals surface area contributed by atoms with E-state index < -0.39 is 10.8 Å². The highest BCUT2D eigenvalue weighted by molar-refractivity contribution is 5.87. The molecule has 0 saturated heterocycles. The Morgan fingerprint density at radius 2 is 1.96 bits per heavy atom. The maximum Gasteiger partial charge on any atom is 0.235 e. The molecule has 0 radical (unpaired) electrons. The number of carbonyl (C=O) groups excluding carboxylic acids is 2. The van der Waals surface area contributed by atoms with Crippen molar-refractivity contribution in [1.29, 1.82) is 0 Å². The Hall–Kier alpha value is -1.92. The van der Waals surface area contributed by atoms with E-state index in [-0.39, 0.29) is 24.3 Å². The number of amides is 2. The quantitative estimate of drug-likeness (QED) is 0.857. The van der Waals surface area contributed by atoms with Gasteiger partial charge in [-0.25, -0.2) is 0 Å². The SMILES string of the molecule is CCNC(=O)C1CCC(C)(C(=O)NCc2nnc(C)o2)C1(C)C. The van der Waals surface area contributed by atoms with Crippen molar-refractivity contribution >= 4 is 11.8 Å². The number of rotatable bonds is 5. The molecule has 2 amide bonds. The van der Waals surface area contributed by atoms with E-state index in [1.165, 1.54) is 0 Å². The van der Waals surface area contributed by atoms with Gasteiger partial charge in [0.05, 0.1) is 12.0 Å². The number of aryl methyl sites for hydroxylation is 1. The summed E-state index contributed by atoms with van der Waals surface area (Å²) in [6.07, 6.45) is 1.39. The van der Waals surface area contributed by atoms with Crippen LogP contribution in [0.3, 0.4) is 0 Å². The first kappa shape index (κ1) is 17.4. The van der Waals surface area contributed by atoms with Crippen molar-refractivity contribution in [3.8, 4) is 0 Å². The van der Waals surface area contributed by atoms with Gasteiger partial charge in [-0.3, -0.25) is 9.59 Å². The van der Waals surface area contributed by atoms with Crippen molar-refractivity contribution in [3.05, 3.63) is 11.8 Å². The summed E-state index contributed by atoms with van der Waals surface area (Å²) in [7, 11) is 0. The van der Waals surface area contributed by atoms with Gasteiger partial charge in [-0.15, -0.1) is 10.2 Å².